The predicted octanol–water partition coefficient (Wildman–Crippen LogP) is 1.17. The zero-order valence-electron chi connectivity index (χ0n) is 6.05. The second-order valence-electron chi connectivity index (χ2n) is 1.98. The first-order chi connectivity index (χ1) is 4.54. The number of nitrogens with zero attached hydrogens (tertiary/aromatic N) is 1. The molecule has 0 saturated heterocycles. The van der Waals surface area contributed by atoms with E-state index in [2.05, 4.69) is 19.1 Å². The number of nitrogens with one attached hydrogen (secondary N) is 1. The molecule has 0 fully saturated rings. The van der Waals surface area contributed by atoms with Crippen molar-refractivity contribution in [2.24, 2.45) is 5.11 Å². The minimum atomic E-state index is -1.10. The van der Waals surface area contributed by atoms with E-state index in [0.717, 1.165) is 0 Å². The van der Waals surface area contributed by atoms with Crippen LogP contribution in [0.1, 0.15) is 13.8 Å². The van der Waals surface area contributed by atoms with Crippen LogP contribution in [0, 0.1) is 5.53 Å². The van der Waals surface area contributed by atoms with Crippen LogP contribution in [-0.2, 0) is 9.53 Å². The fraction of sp³-hybridized carbons (Fsp3) is 0.800. The van der Waals surface area contributed by atoms with E-state index in [1.54, 1.807) is 6.92 Å². The van der Waals surface area contributed by atoms with E-state index in [9.17, 15) is 4.79 Å². The minimum Gasteiger partial charge on any atom is -0.464 e. The monoisotopic (exact) mass is 162 g/mol. The van der Waals surface area contributed by atoms with Crippen LogP contribution in [0.25, 0.3) is 0 Å². The van der Waals surface area contributed by atoms with Crippen molar-refractivity contribution in [2.45, 2.75) is 19.1 Å². The molecule has 4 nitrogen and oxygen atoms in total. The molecule has 0 heterocycles. The average molecular weight is 162 g/mol. The van der Waals surface area contributed by atoms with Crippen LogP contribution in [0.5, 0.6) is 0 Å². The molecule has 0 amide bonds. The molecule has 0 aromatic rings. The van der Waals surface area contributed by atoms with Crippen LogP contribution < -0.4 is 0 Å². The topological polar surface area (TPSA) is 62.5 Å². The van der Waals surface area contributed by atoms with Crippen molar-refractivity contribution in [3.8, 4) is 0 Å². The van der Waals surface area contributed by atoms with E-state index in [0.29, 0.717) is 6.61 Å². The van der Waals surface area contributed by atoms with Gasteiger partial charge in [-0.2, -0.15) is 5.11 Å². The van der Waals surface area contributed by atoms with Crippen LogP contribution in [-0.4, -0.2) is 17.9 Å². The molecule has 0 aromatic carbocycles. The van der Waals surface area contributed by atoms with E-state index in [1.807, 2.05) is 0 Å². The normalized spacial score (nSPS) is 15.5. The summed E-state index contributed by atoms with van der Waals surface area (Å²) in [5, 5.41) is 1.98. The van der Waals surface area contributed by atoms with Crippen LogP contribution in [0.3, 0.4) is 0 Å². The molecule has 0 aliphatic heterocycles. The summed E-state index contributed by atoms with van der Waals surface area (Å²) in [6.07, 6.45) is 0. The fourth-order valence-electron chi connectivity index (χ4n) is 0.323. The number of carbonyl (C=O) groups is 1. The highest BCUT2D eigenvalue weighted by Gasteiger charge is 2.28. The Bertz CT molecular complexity index is 147. The maximum absolute atomic E-state index is 10.8. The Hall–Kier alpha value is -0.500. The quantitative estimate of drug-likeness (QED) is 0.384. The van der Waals surface area contributed by atoms with E-state index in [-0.39, 0.29) is 0 Å². The third kappa shape index (κ3) is 2.40. The third-order valence-electron chi connectivity index (χ3n) is 0.921. The van der Waals surface area contributed by atoms with Crippen molar-refractivity contribution in [1.82, 2.24) is 0 Å². The first kappa shape index (κ1) is 9.50. The second kappa shape index (κ2) is 3.62. The molecule has 2 unspecified atom stereocenters. The van der Waals surface area contributed by atoms with Gasteiger partial charge in [-0.3, -0.25) is 0 Å². The highest BCUT2D eigenvalue weighted by molar-refractivity contribution is 7.20. The number of hydrogen-bond donors (Lipinski definition) is 1. The second-order valence-corrected chi connectivity index (χ2v) is 3.10. The Morgan fingerprint density at radius 3 is 2.70 bits per heavy atom. The van der Waals surface area contributed by atoms with Gasteiger partial charge >= 0.3 is 5.97 Å². The molecule has 0 aliphatic rings. The summed E-state index contributed by atoms with van der Waals surface area (Å²) in [5.74, 6) is -0.491. The smallest absolute Gasteiger partial charge is 0.339 e. The van der Waals surface area contributed by atoms with Gasteiger partial charge in [0.15, 0.2) is 5.28 Å². The van der Waals surface area contributed by atoms with Gasteiger partial charge in [-0.15, -0.1) is 0 Å². The number of carbonyl (C=O) groups excluding carboxylic acids is 1. The van der Waals surface area contributed by atoms with Crippen LogP contribution in [0.4, 0.5) is 0 Å². The first-order valence-corrected chi connectivity index (χ1v) is 3.47. The van der Waals surface area contributed by atoms with E-state index >= 15 is 0 Å². The molecular weight excluding hydrogens is 151 g/mol. The lowest BCUT2D eigenvalue weighted by molar-refractivity contribution is -0.145. The van der Waals surface area contributed by atoms with Gasteiger partial charge in [-0.25, -0.2) is 10.3 Å². The largest absolute Gasteiger partial charge is 0.464 e. The molecule has 10 heavy (non-hydrogen) atoms. The van der Waals surface area contributed by atoms with Crippen molar-refractivity contribution in [3.05, 3.63) is 0 Å². The molecule has 2 atom stereocenters. The maximum atomic E-state index is 10.8. The molecule has 0 saturated carbocycles. The zero-order valence-corrected chi connectivity index (χ0v) is 7.20. The standard InChI is InChI=1S/C5H11N2O2P/c1-3-9-4(8)5(2,10)7-6/h6H,3,10H2,1-2H3. The van der Waals surface area contributed by atoms with Gasteiger partial charge in [0.25, 0.3) is 0 Å². The summed E-state index contributed by atoms with van der Waals surface area (Å²) in [5.41, 5.74) is 6.62. The number of ether oxygens (including phenoxy) is 1. The lowest BCUT2D eigenvalue weighted by atomic mass is 10.3. The lowest BCUT2D eigenvalue weighted by Crippen LogP contribution is -2.27. The lowest BCUT2D eigenvalue weighted by Gasteiger charge is -2.13. The first-order valence-electron chi connectivity index (χ1n) is 2.89. The fourth-order valence-corrected chi connectivity index (χ4v) is 0.406. The highest BCUT2D eigenvalue weighted by Crippen LogP contribution is 2.20. The Morgan fingerprint density at radius 2 is 2.40 bits per heavy atom. The summed E-state index contributed by atoms with van der Waals surface area (Å²) in [6.45, 7) is 3.53. The Labute approximate surface area is 62.0 Å². The van der Waals surface area contributed by atoms with Crippen molar-refractivity contribution in [2.75, 3.05) is 6.61 Å². The summed E-state index contributed by atoms with van der Waals surface area (Å²) in [7, 11) is 2.15. The van der Waals surface area contributed by atoms with Crippen LogP contribution in [0.2, 0.25) is 0 Å². The number of rotatable bonds is 3. The molecule has 0 spiro atoms. The summed E-state index contributed by atoms with van der Waals surface area (Å²) in [4.78, 5) is 10.8. The Morgan fingerprint density at radius 1 is 1.90 bits per heavy atom. The molecular formula is C5H11N2O2P. The van der Waals surface area contributed by atoms with Gasteiger partial charge < -0.3 is 4.74 Å². The molecule has 0 aromatic heterocycles. The molecule has 58 valence electrons. The van der Waals surface area contributed by atoms with E-state index < -0.39 is 11.2 Å². The van der Waals surface area contributed by atoms with E-state index in [4.69, 9.17) is 5.53 Å². The Kier molecular flexibility index (Phi) is 3.43. The predicted molar refractivity (Wildman–Crippen MR) is 39.9 cm³/mol. The van der Waals surface area contributed by atoms with Crippen molar-refractivity contribution >= 4 is 15.2 Å². The summed E-state index contributed by atoms with van der Waals surface area (Å²) >= 11 is 0. The minimum absolute atomic E-state index is 0.318. The molecule has 0 rings (SSSR count). The van der Waals surface area contributed by atoms with Gasteiger partial charge in [0, 0.05) is 0 Å². The molecule has 5 heteroatoms. The highest BCUT2D eigenvalue weighted by atomic mass is 31.0. The number of esters is 1. The zero-order chi connectivity index (χ0) is 8.20. The molecule has 0 bridgehead atoms. The molecule has 1 N–H and O–H groups in total. The number of hydrogen-bond acceptors (Lipinski definition) is 4. The molecule has 0 aliphatic carbocycles. The van der Waals surface area contributed by atoms with Crippen molar-refractivity contribution in [3.63, 3.8) is 0 Å². The van der Waals surface area contributed by atoms with Gasteiger partial charge in [-0.1, -0.05) is 9.24 Å². The Balaban J connectivity index is 4.04. The van der Waals surface area contributed by atoms with Gasteiger partial charge in [0.2, 0.25) is 0 Å². The van der Waals surface area contributed by atoms with Gasteiger partial charge in [0.1, 0.15) is 0 Å². The summed E-state index contributed by atoms with van der Waals surface area (Å²) in [6, 6.07) is 0. The maximum Gasteiger partial charge on any atom is 0.339 e. The van der Waals surface area contributed by atoms with Gasteiger partial charge in [-0.05, 0) is 13.8 Å². The van der Waals surface area contributed by atoms with Gasteiger partial charge in [0.05, 0.1) is 6.61 Å². The van der Waals surface area contributed by atoms with Crippen molar-refractivity contribution < 1.29 is 9.53 Å². The third-order valence-corrected chi connectivity index (χ3v) is 1.29. The van der Waals surface area contributed by atoms with E-state index in [1.165, 1.54) is 6.92 Å². The SMILES string of the molecule is CCOC(=O)C(C)(P)N=N. The van der Waals surface area contributed by atoms with Crippen LogP contribution >= 0.6 is 9.24 Å². The van der Waals surface area contributed by atoms with Crippen molar-refractivity contribution in [1.29, 1.82) is 5.53 Å². The average Bonchev–Trinajstić information content (AvgIpc) is 1.89. The summed E-state index contributed by atoms with van der Waals surface area (Å²) < 4.78 is 4.62. The van der Waals surface area contributed by atoms with Crippen LogP contribution in [0.15, 0.2) is 5.11 Å². The molecule has 0 radical (unpaired) electrons.